The molecule has 2 N–H and O–H groups in total. The van der Waals surface area contributed by atoms with Gasteiger partial charge in [-0.3, -0.25) is 0 Å². The first-order chi connectivity index (χ1) is 10.0. The first-order valence-electron chi connectivity index (χ1n) is 6.54. The van der Waals surface area contributed by atoms with Crippen LogP contribution in [0.1, 0.15) is 5.56 Å². The lowest BCUT2D eigenvalue weighted by molar-refractivity contribution is 0.414. The van der Waals surface area contributed by atoms with Crippen molar-refractivity contribution in [2.75, 3.05) is 13.1 Å². The largest absolute Gasteiger partial charge is 0.329 e. The van der Waals surface area contributed by atoms with Crippen LogP contribution >= 0.6 is 22.6 Å². The molecule has 2 aromatic rings. The van der Waals surface area contributed by atoms with Crippen LogP contribution in [-0.4, -0.2) is 25.8 Å². The standard InChI is InChI=1S/C15H17IN2O2S/c16-14-6-8-15(9-7-14)21(19,20)18(11-10-17)12-13-4-2-1-3-5-13/h1-9H,10-12,17H2. The van der Waals surface area contributed by atoms with Gasteiger partial charge >= 0.3 is 0 Å². The Morgan fingerprint density at radius 1 is 1.00 bits per heavy atom. The summed E-state index contributed by atoms with van der Waals surface area (Å²) in [6.45, 7) is 0.909. The van der Waals surface area contributed by atoms with Crippen molar-refractivity contribution in [2.24, 2.45) is 5.73 Å². The van der Waals surface area contributed by atoms with Crippen molar-refractivity contribution in [3.8, 4) is 0 Å². The molecular formula is C15H17IN2O2S. The second-order valence-corrected chi connectivity index (χ2v) is 7.75. The average molecular weight is 416 g/mol. The van der Waals surface area contributed by atoms with Crippen LogP contribution in [0.5, 0.6) is 0 Å². The van der Waals surface area contributed by atoms with Crippen molar-refractivity contribution in [1.29, 1.82) is 0 Å². The first kappa shape index (κ1) is 16.4. The zero-order valence-corrected chi connectivity index (χ0v) is 14.4. The monoisotopic (exact) mass is 416 g/mol. The third-order valence-electron chi connectivity index (χ3n) is 3.03. The Morgan fingerprint density at radius 2 is 1.62 bits per heavy atom. The lowest BCUT2D eigenvalue weighted by atomic mass is 10.2. The summed E-state index contributed by atoms with van der Waals surface area (Å²) >= 11 is 2.15. The van der Waals surface area contributed by atoms with E-state index in [0.29, 0.717) is 18.0 Å². The van der Waals surface area contributed by atoms with Crippen molar-refractivity contribution >= 4 is 32.6 Å². The third-order valence-corrected chi connectivity index (χ3v) is 5.61. The number of halogens is 1. The highest BCUT2D eigenvalue weighted by Gasteiger charge is 2.23. The van der Waals surface area contributed by atoms with E-state index in [1.54, 1.807) is 24.3 Å². The van der Waals surface area contributed by atoms with Crippen LogP contribution in [0.3, 0.4) is 0 Å². The molecule has 0 radical (unpaired) electrons. The van der Waals surface area contributed by atoms with Crippen LogP contribution in [0.2, 0.25) is 0 Å². The van der Waals surface area contributed by atoms with E-state index in [9.17, 15) is 8.42 Å². The summed E-state index contributed by atoms with van der Waals surface area (Å²) in [5.41, 5.74) is 6.52. The number of hydrogen-bond donors (Lipinski definition) is 1. The van der Waals surface area contributed by atoms with Crippen LogP contribution in [0.25, 0.3) is 0 Å². The summed E-state index contributed by atoms with van der Waals surface area (Å²) in [6, 6.07) is 16.4. The number of rotatable bonds is 6. The molecule has 4 nitrogen and oxygen atoms in total. The van der Waals surface area contributed by atoms with Gasteiger partial charge in [-0.05, 0) is 52.4 Å². The third kappa shape index (κ3) is 4.26. The molecule has 0 saturated carbocycles. The van der Waals surface area contributed by atoms with E-state index >= 15 is 0 Å². The SMILES string of the molecule is NCCN(Cc1ccccc1)S(=O)(=O)c1ccc(I)cc1. The lowest BCUT2D eigenvalue weighted by Gasteiger charge is -2.21. The fourth-order valence-corrected chi connectivity index (χ4v) is 3.77. The minimum atomic E-state index is -3.53. The number of nitrogens with two attached hydrogens (primary N) is 1. The number of benzene rings is 2. The van der Waals surface area contributed by atoms with Crippen LogP contribution in [-0.2, 0) is 16.6 Å². The highest BCUT2D eigenvalue weighted by atomic mass is 127. The Balaban J connectivity index is 2.30. The Hall–Kier alpha value is -0.960. The van der Waals surface area contributed by atoms with E-state index in [2.05, 4.69) is 22.6 Å². The zero-order chi connectivity index (χ0) is 15.3. The van der Waals surface area contributed by atoms with Gasteiger partial charge in [0.25, 0.3) is 0 Å². The molecule has 112 valence electrons. The maximum absolute atomic E-state index is 12.7. The van der Waals surface area contributed by atoms with E-state index in [0.717, 1.165) is 9.13 Å². The Morgan fingerprint density at radius 3 is 2.19 bits per heavy atom. The fourth-order valence-electron chi connectivity index (χ4n) is 1.97. The van der Waals surface area contributed by atoms with Gasteiger partial charge in [0, 0.05) is 23.2 Å². The van der Waals surface area contributed by atoms with Crippen molar-refractivity contribution in [2.45, 2.75) is 11.4 Å². The van der Waals surface area contributed by atoms with Crippen LogP contribution < -0.4 is 5.73 Å². The van der Waals surface area contributed by atoms with Gasteiger partial charge in [0.1, 0.15) is 0 Å². The van der Waals surface area contributed by atoms with Gasteiger partial charge in [-0.2, -0.15) is 4.31 Å². The summed E-state index contributed by atoms with van der Waals surface area (Å²) in [4.78, 5) is 0.298. The van der Waals surface area contributed by atoms with Gasteiger partial charge in [-0.15, -0.1) is 0 Å². The van der Waals surface area contributed by atoms with Gasteiger partial charge in [0.15, 0.2) is 0 Å². The molecular weight excluding hydrogens is 399 g/mol. The van der Waals surface area contributed by atoms with Crippen LogP contribution in [0, 0.1) is 3.57 Å². The van der Waals surface area contributed by atoms with Gasteiger partial charge in [-0.1, -0.05) is 30.3 Å². The Bertz CT molecular complexity index is 673. The maximum atomic E-state index is 12.7. The topological polar surface area (TPSA) is 63.4 Å². The first-order valence-corrected chi connectivity index (χ1v) is 9.05. The smallest absolute Gasteiger partial charge is 0.243 e. The molecule has 0 amide bonds. The predicted molar refractivity (Wildman–Crippen MR) is 92.3 cm³/mol. The van der Waals surface area contributed by atoms with Gasteiger partial charge in [0.2, 0.25) is 10.0 Å². The van der Waals surface area contributed by atoms with E-state index in [1.807, 2.05) is 30.3 Å². The van der Waals surface area contributed by atoms with Gasteiger partial charge in [0.05, 0.1) is 4.90 Å². The summed E-state index contributed by atoms with van der Waals surface area (Å²) in [5.74, 6) is 0. The molecule has 2 aromatic carbocycles. The highest BCUT2D eigenvalue weighted by Crippen LogP contribution is 2.19. The second kappa shape index (κ2) is 7.35. The molecule has 0 atom stereocenters. The van der Waals surface area contributed by atoms with Crippen molar-refractivity contribution < 1.29 is 8.42 Å². The Kier molecular flexibility index (Phi) is 5.74. The number of sulfonamides is 1. The van der Waals surface area contributed by atoms with Crippen molar-refractivity contribution in [1.82, 2.24) is 4.31 Å². The highest BCUT2D eigenvalue weighted by molar-refractivity contribution is 14.1. The second-order valence-electron chi connectivity index (χ2n) is 4.57. The van der Waals surface area contributed by atoms with Gasteiger partial charge < -0.3 is 5.73 Å². The maximum Gasteiger partial charge on any atom is 0.243 e. The molecule has 21 heavy (non-hydrogen) atoms. The molecule has 0 aromatic heterocycles. The van der Waals surface area contributed by atoms with E-state index in [4.69, 9.17) is 5.73 Å². The molecule has 2 rings (SSSR count). The fraction of sp³-hybridized carbons (Fsp3) is 0.200. The molecule has 0 heterocycles. The van der Waals surface area contributed by atoms with Crippen molar-refractivity contribution in [3.05, 3.63) is 63.7 Å². The molecule has 0 aliphatic rings. The molecule has 0 aliphatic carbocycles. The summed E-state index contributed by atoms with van der Waals surface area (Å²) < 4.78 is 27.8. The molecule has 0 bridgehead atoms. The minimum Gasteiger partial charge on any atom is -0.329 e. The summed E-state index contributed by atoms with van der Waals surface area (Å²) in [5, 5.41) is 0. The average Bonchev–Trinajstić information content (AvgIpc) is 2.48. The molecule has 0 unspecified atom stereocenters. The summed E-state index contributed by atoms with van der Waals surface area (Å²) in [7, 11) is -3.53. The Labute approximate surface area is 139 Å². The van der Waals surface area contributed by atoms with E-state index in [-0.39, 0.29) is 6.54 Å². The van der Waals surface area contributed by atoms with E-state index < -0.39 is 10.0 Å². The molecule has 6 heteroatoms. The predicted octanol–water partition coefficient (Wildman–Crippen LogP) is 2.44. The van der Waals surface area contributed by atoms with E-state index in [1.165, 1.54) is 4.31 Å². The molecule has 0 saturated heterocycles. The normalized spacial score (nSPS) is 11.8. The number of nitrogens with zero attached hydrogens (tertiary/aromatic N) is 1. The minimum absolute atomic E-state index is 0.288. The summed E-state index contributed by atoms with van der Waals surface area (Å²) in [6.07, 6.45) is 0. The quantitative estimate of drug-likeness (QED) is 0.736. The molecule has 0 fully saturated rings. The van der Waals surface area contributed by atoms with Gasteiger partial charge in [-0.25, -0.2) is 8.42 Å². The lowest BCUT2D eigenvalue weighted by Crippen LogP contribution is -2.34. The number of hydrogen-bond acceptors (Lipinski definition) is 3. The zero-order valence-electron chi connectivity index (χ0n) is 11.4. The van der Waals surface area contributed by atoms with Crippen LogP contribution in [0.4, 0.5) is 0 Å². The molecule has 0 aliphatic heterocycles. The van der Waals surface area contributed by atoms with Crippen molar-refractivity contribution in [3.63, 3.8) is 0 Å². The molecule has 0 spiro atoms. The van der Waals surface area contributed by atoms with Crippen LogP contribution in [0.15, 0.2) is 59.5 Å².